The van der Waals surface area contributed by atoms with E-state index in [1.165, 1.54) is 0 Å². The number of nitrogens with one attached hydrogen (secondary N) is 1. The van der Waals surface area contributed by atoms with Crippen LogP contribution in [0.15, 0.2) is 23.1 Å². The molecule has 0 spiro atoms. The van der Waals surface area contributed by atoms with Crippen LogP contribution in [0.2, 0.25) is 0 Å². The van der Waals surface area contributed by atoms with Crippen LogP contribution < -0.4 is 4.72 Å². The van der Waals surface area contributed by atoms with Gasteiger partial charge in [0.2, 0.25) is 10.0 Å². The van der Waals surface area contributed by atoms with Crippen molar-refractivity contribution >= 4 is 21.8 Å². The Morgan fingerprint density at radius 1 is 1.42 bits per heavy atom. The van der Waals surface area contributed by atoms with E-state index in [-0.39, 0.29) is 17.5 Å². The maximum absolute atomic E-state index is 12.3. The molecule has 19 heavy (non-hydrogen) atoms. The van der Waals surface area contributed by atoms with Crippen molar-refractivity contribution in [2.45, 2.75) is 37.8 Å². The summed E-state index contributed by atoms with van der Waals surface area (Å²) in [6.07, 6.45) is 2.79. The lowest BCUT2D eigenvalue weighted by Crippen LogP contribution is -2.33. The van der Waals surface area contributed by atoms with Gasteiger partial charge in [0, 0.05) is 6.04 Å². The molecule has 0 saturated heterocycles. The number of hydrogen-bond donors (Lipinski definition) is 2. The topological polar surface area (TPSA) is 66.4 Å². The standard InChI is InChI=1S/C13H21NO3S2/c1-10(7-8-18-3)14-19(16,17)13-6-4-5-12(9-15)11(13)2/h4-6,10,14-15H,7-9H2,1-3H3. The first-order valence-electron chi connectivity index (χ1n) is 6.13. The Bertz CT molecular complexity index is 515. The third kappa shape index (κ3) is 4.49. The summed E-state index contributed by atoms with van der Waals surface area (Å²) >= 11 is 1.69. The summed E-state index contributed by atoms with van der Waals surface area (Å²) in [5, 5.41) is 9.19. The summed E-state index contributed by atoms with van der Waals surface area (Å²) < 4.78 is 27.3. The number of aliphatic hydroxyl groups is 1. The quantitative estimate of drug-likeness (QED) is 0.807. The Labute approximate surface area is 119 Å². The molecule has 0 heterocycles. The highest BCUT2D eigenvalue weighted by molar-refractivity contribution is 7.98. The molecule has 1 atom stereocenters. The lowest BCUT2D eigenvalue weighted by molar-refractivity contribution is 0.280. The van der Waals surface area contributed by atoms with Crippen molar-refractivity contribution in [1.82, 2.24) is 4.72 Å². The van der Waals surface area contributed by atoms with Gasteiger partial charge in [-0.05, 0) is 49.5 Å². The van der Waals surface area contributed by atoms with Gasteiger partial charge in [0.1, 0.15) is 0 Å². The number of hydrogen-bond acceptors (Lipinski definition) is 4. The van der Waals surface area contributed by atoms with Gasteiger partial charge < -0.3 is 5.11 Å². The lowest BCUT2D eigenvalue weighted by atomic mass is 10.1. The minimum atomic E-state index is -3.52. The second-order valence-electron chi connectivity index (χ2n) is 4.50. The van der Waals surface area contributed by atoms with E-state index in [0.29, 0.717) is 11.1 Å². The van der Waals surface area contributed by atoms with Crippen molar-refractivity contribution in [3.05, 3.63) is 29.3 Å². The number of sulfonamides is 1. The van der Waals surface area contributed by atoms with Crippen molar-refractivity contribution in [1.29, 1.82) is 0 Å². The molecule has 0 saturated carbocycles. The van der Waals surface area contributed by atoms with Crippen LogP contribution in [0, 0.1) is 6.92 Å². The minimum Gasteiger partial charge on any atom is -0.392 e. The number of aliphatic hydroxyl groups excluding tert-OH is 1. The summed E-state index contributed by atoms with van der Waals surface area (Å²) in [6.45, 7) is 3.42. The van der Waals surface area contributed by atoms with Crippen molar-refractivity contribution in [2.24, 2.45) is 0 Å². The molecule has 6 heteroatoms. The first-order chi connectivity index (χ1) is 8.92. The Hall–Kier alpha value is -0.560. The third-order valence-corrected chi connectivity index (χ3v) is 5.35. The predicted molar refractivity (Wildman–Crippen MR) is 79.9 cm³/mol. The molecule has 0 aliphatic rings. The Morgan fingerprint density at radius 2 is 2.11 bits per heavy atom. The molecular weight excluding hydrogens is 282 g/mol. The second kappa shape index (κ2) is 7.28. The van der Waals surface area contributed by atoms with Crippen molar-refractivity contribution in [2.75, 3.05) is 12.0 Å². The van der Waals surface area contributed by atoms with Crippen LogP contribution in [0.4, 0.5) is 0 Å². The molecule has 0 fully saturated rings. The molecule has 1 aromatic carbocycles. The molecule has 4 nitrogen and oxygen atoms in total. The highest BCUT2D eigenvalue weighted by atomic mass is 32.2. The zero-order valence-electron chi connectivity index (χ0n) is 11.5. The van der Waals surface area contributed by atoms with Gasteiger partial charge >= 0.3 is 0 Å². The van der Waals surface area contributed by atoms with E-state index in [9.17, 15) is 13.5 Å². The average molecular weight is 303 g/mol. The van der Waals surface area contributed by atoms with Crippen LogP contribution >= 0.6 is 11.8 Å². The van der Waals surface area contributed by atoms with E-state index < -0.39 is 10.0 Å². The summed E-state index contributed by atoms with van der Waals surface area (Å²) in [4.78, 5) is 0.245. The monoisotopic (exact) mass is 303 g/mol. The predicted octanol–water partition coefficient (Wildman–Crippen LogP) is 1.91. The lowest BCUT2D eigenvalue weighted by Gasteiger charge is -2.16. The molecule has 0 amide bonds. The van der Waals surface area contributed by atoms with E-state index in [0.717, 1.165) is 12.2 Å². The van der Waals surface area contributed by atoms with E-state index in [4.69, 9.17) is 0 Å². The molecule has 2 N–H and O–H groups in total. The van der Waals surface area contributed by atoms with Crippen LogP contribution in [0.3, 0.4) is 0 Å². The zero-order chi connectivity index (χ0) is 14.5. The van der Waals surface area contributed by atoms with E-state index in [1.807, 2.05) is 13.2 Å². The summed E-state index contributed by atoms with van der Waals surface area (Å²) in [5.74, 6) is 0.916. The zero-order valence-corrected chi connectivity index (χ0v) is 13.1. The fraction of sp³-hybridized carbons (Fsp3) is 0.538. The van der Waals surface area contributed by atoms with Gasteiger partial charge in [0.25, 0.3) is 0 Å². The van der Waals surface area contributed by atoms with E-state index >= 15 is 0 Å². The van der Waals surface area contributed by atoms with Gasteiger partial charge in [-0.15, -0.1) is 0 Å². The fourth-order valence-electron chi connectivity index (χ4n) is 1.80. The second-order valence-corrected chi connectivity index (χ2v) is 7.17. The maximum Gasteiger partial charge on any atom is 0.241 e. The van der Waals surface area contributed by atoms with Gasteiger partial charge in [-0.25, -0.2) is 13.1 Å². The molecule has 108 valence electrons. The van der Waals surface area contributed by atoms with Crippen molar-refractivity contribution in [3.63, 3.8) is 0 Å². The van der Waals surface area contributed by atoms with Gasteiger partial charge in [-0.1, -0.05) is 12.1 Å². The smallest absolute Gasteiger partial charge is 0.241 e. The first-order valence-corrected chi connectivity index (χ1v) is 9.00. The molecule has 0 bridgehead atoms. The largest absolute Gasteiger partial charge is 0.392 e. The molecule has 1 rings (SSSR count). The van der Waals surface area contributed by atoms with Crippen LogP contribution in [-0.2, 0) is 16.6 Å². The molecule has 0 radical (unpaired) electrons. The minimum absolute atomic E-state index is 0.102. The molecule has 0 aliphatic heterocycles. The van der Waals surface area contributed by atoms with Gasteiger partial charge in [0.15, 0.2) is 0 Å². The van der Waals surface area contributed by atoms with Gasteiger partial charge in [-0.3, -0.25) is 0 Å². The third-order valence-electron chi connectivity index (χ3n) is 2.97. The fourth-order valence-corrected chi connectivity index (χ4v) is 3.96. The number of benzene rings is 1. The number of rotatable bonds is 7. The summed E-state index contributed by atoms with van der Waals surface area (Å²) in [6, 6.07) is 4.85. The molecule has 1 aromatic rings. The maximum atomic E-state index is 12.3. The number of thioether (sulfide) groups is 1. The van der Waals surface area contributed by atoms with Crippen LogP contribution in [-0.4, -0.2) is 31.6 Å². The first kappa shape index (κ1) is 16.5. The van der Waals surface area contributed by atoms with Crippen LogP contribution in [0.1, 0.15) is 24.5 Å². The molecular formula is C13H21NO3S2. The van der Waals surface area contributed by atoms with Gasteiger partial charge in [-0.2, -0.15) is 11.8 Å². The Morgan fingerprint density at radius 3 is 2.68 bits per heavy atom. The average Bonchev–Trinajstić information content (AvgIpc) is 2.35. The summed E-state index contributed by atoms with van der Waals surface area (Å²) in [5.41, 5.74) is 1.24. The van der Waals surface area contributed by atoms with E-state index in [2.05, 4.69) is 4.72 Å². The summed E-state index contributed by atoms with van der Waals surface area (Å²) in [7, 11) is -3.52. The van der Waals surface area contributed by atoms with Crippen LogP contribution in [0.5, 0.6) is 0 Å². The van der Waals surface area contributed by atoms with Gasteiger partial charge in [0.05, 0.1) is 11.5 Å². The SMILES string of the molecule is CSCCC(C)NS(=O)(=O)c1cccc(CO)c1C. The molecule has 0 aromatic heterocycles. The van der Waals surface area contributed by atoms with Crippen LogP contribution in [0.25, 0.3) is 0 Å². The molecule has 1 unspecified atom stereocenters. The highest BCUT2D eigenvalue weighted by Gasteiger charge is 2.20. The Kier molecular flexibility index (Phi) is 6.32. The highest BCUT2D eigenvalue weighted by Crippen LogP contribution is 2.19. The Balaban J connectivity index is 2.94. The van der Waals surface area contributed by atoms with Crippen molar-refractivity contribution in [3.8, 4) is 0 Å². The van der Waals surface area contributed by atoms with Crippen molar-refractivity contribution < 1.29 is 13.5 Å². The van der Waals surface area contributed by atoms with E-state index in [1.54, 1.807) is 36.9 Å². The normalized spacial score (nSPS) is 13.5. The molecule has 0 aliphatic carbocycles.